The molecule has 0 radical (unpaired) electrons. The maximum absolute atomic E-state index is 11.7. The minimum atomic E-state index is -0.771. The fourth-order valence-electron chi connectivity index (χ4n) is 1.83. The van der Waals surface area contributed by atoms with Gasteiger partial charge in [-0.25, -0.2) is 4.98 Å². The lowest BCUT2D eigenvalue weighted by molar-refractivity contribution is -0.137. The van der Waals surface area contributed by atoms with Gasteiger partial charge < -0.3 is 5.11 Å². The third-order valence-corrected chi connectivity index (χ3v) is 2.96. The van der Waals surface area contributed by atoms with Crippen LogP contribution in [-0.2, 0) is 11.2 Å². The highest BCUT2D eigenvalue weighted by atomic mass is 35.5. The van der Waals surface area contributed by atoms with Crippen molar-refractivity contribution in [3.8, 4) is 0 Å². The summed E-state index contributed by atoms with van der Waals surface area (Å²) in [5.41, 5.74) is 0.859. The number of aromatic amines is 1. The van der Waals surface area contributed by atoms with E-state index in [1.54, 1.807) is 0 Å². The number of halogens is 1. The Morgan fingerprint density at radius 3 is 2.68 bits per heavy atom. The molecule has 5 nitrogen and oxygen atoms in total. The van der Waals surface area contributed by atoms with Crippen molar-refractivity contribution in [2.24, 2.45) is 0 Å². The minimum absolute atomic E-state index is 0.0603. The summed E-state index contributed by atoms with van der Waals surface area (Å²) < 4.78 is 0. The number of nitrogens with one attached hydrogen (secondary N) is 1. The molecule has 0 atom stereocenters. The fourth-order valence-corrected chi connectivity index (χ4v) is 2.01. The largest absolute Gasteiger partial charge is 0.481 e. The Balaban J connectivity index is 2.47. The third kappa shape index (κ3) is 5.26. The molecule has 0 saturated heterocycles. The smallest absolute Gasteiger partial charge is 0.303 e. The molecule has 0 amide bonds. The number of nitrogens with zero attached hydrogens (tertiary/aromatic N) is 1. The molecule has 2 N–H and O–H groups in total. The van der Waals surface area contributed by atoms with Crippen molar-refractivity contribution in [3.05, 3.63) is 33.5 Å². The average Bonchev–Trinajstić information content (AvgIpc) is 2.34. The molecule has 104 valence electrons. The van der Waals surface area contributed by atoms with Crippen LogP contribution in [0.3, 0.4) is 0 Å². The quantitative estimate of drug-likeness (QED) is 0.568. The molecule has 6 heteroatoms. The molecule has 0 aliphatic carbocycles. The molecule has 0 spiro atoms. The highest BCUT2D eigenvalue weighted by Gasteiger charge is 2.08. The number of rotatable bonds is 8. The second kappa shape index (κ2) is 7.74. The van der Waals surface area contributed by atoms with E-state index in [9.17, 15) is 9.59 Å². The molecule has 1 heterocycles. The van der Waals surface area contributed by atoms with Crippen molar-refractivity contribution in [2.45, 2.75) is 38.5 Å². The Kier molecular flexibility index (Phi) is 6.29. The van der Waals surface area contributed by atoms with E-state index in [0.717, 1.165) is 19.3 Å². The molecule has 1 aromatic heterocycles. The number of aromatic nitrogens is 2. The normalized spacial score (nSPS) is 10.4. The van der Waals surface area contributed by atoms with E-state index < -0.39 is 5.97 Å². The second-order valence-electron chi connectivity index (χ2n) is 4.23. The topological polar surface area (TPSA) is 83.0 Å². The van der Waals surface area contributed by atoms with Crippen LogP contribution in [0.25, 0.3) is 6.08 Å². The molecule has 0 aliphatic rings. The first kappa shape index (κ1) is 15.4. The van der Waals surface area contributed by atoms with Gasteiger partial charge in [-0.1, -0.05) is 19.4 Å². The van der Waals surface area contributed by atoms with Crippen molar-refractivity contribution < 1.29 is 9.90 Å². The lowest BCUT2D eigenvalue weighted by Crippen LogP contribution is -2.16. The first-order valence-electron chi connectivity index (χ1n) is 6.17. The van der Waals surface area contributed by atoms with Crippen LogP contribution >= 0.6 is 11.6 Å². The van der Waals surface area contributed by atoms with Gasteiger partial charge in [-0.05, 0) is 36.9 Å². The van der Waals surface area contributed by atoms with Crippen LogP contribution in [0.2, 0.25) is 5.28 Å². The van der Waals surface area contributed by atoms with Crippen LogP contribution in [0, 0.1) is 0 Å². The molecule has 0 bridgehead atoms. The van der Waals surface area contributed by atoms with Gasteiger partial charge in [0.2, 0.25) is 5.28 Å². The Labute approximate surface area is 116 Å². The average molecular weight is 285 g/mol. The Hall–Kier alpha value is -1.62. The van der Waals surface area contributed by atoms with E-state index in [4.69, 9.17) is 16.7 Å². The maximum Gasteiger partial charge on any atom is 0.303 e. The summed E-state index contributed by atoms with van der Waals surface area (Å²) in [6.07, 6.45) is 5.50. The van der Waals surface area contributed by atoms with Crippen LogP contribution < -0.4 is 5.56 Å². The number of hydrogen-bond acceptors (Lipinski definition) is 3. The van der Waals surface area contributed by atoms with Crippen molar-refractivity contribution in [3.63, 3.8) is 0 Å². The van der Waals surface area contributed by atoms with Gasteiger partial charge in [0.05, 0.1) is 5.69 Å². The highest BCUT2D eigenvalue weighted by Crippen LogP contribution is 2.11. The predicted octanol–water partition coefficient (Wildman–Crippen LogP) is 2.64. The fraction of sp³-hybridized carbons (Fsp3) is 0.462. The summed E-state index contributed by atoms with van der Waals surface area (Å²) in [6, 6.07) is 0. The summed E-state index contributed by atoms with van der Waals surface area (Å²) in [5, 5.41) is 8.56. The van der Waals surface area contributed by atoms with Gasteiger partial charge in [-0.3, -0.25) is 14.6 Å². The van der Waals surface area contributed by atoms with Gasteiger partial charge in [0.25, 0.3) is 5.56 Å². The molecule has 0 aromatic carbocycles. The molecular weight excluding hydrogens is 268 g/mol. The lowest BCUT2D eigenvalue weighted by atomic mass is 10.1. The molecule has 1 rings (SSSR count). The second-order valence-corrected chi connectivity index (χ2v) is 4.59. The van der Waals surface area contributed by atoms with Crippen LogP contribution in [0.5, 0.6) is 0 Å². The molecule has 1 aromatic rings. The van der Waals surface area contributed by atoms with E-state index in [0.29, 0.717) is 24.1 Å². The number of carbonyl (C=O) groups is 1. The molecule has 19 heavy (non-hydrogen) atoms. The Morgan fingerprint density at radius 2 is 2.05 bits per heavy atom. The summed E-state index contributed by atoms with van der Waals surface area (Å²) in [4.78, 5) is 28.5. The van der Waals surface area contributed by atoms with Crippen molar-refractivity contribution >= 4 is 23.6 Å². The summed E-state index contributed by atoms with van der Waals surface area (Å²) >= 11 is 5.66. The number of H-pyrrole nitrogens is 1. The van der Waals surface area contributed by atoms with E-state index in [1.807, 2.05) is 0 Å². The summed E-state index contributed by atoms with van der Waals surface area (Å²) in [7, 11) is 0. The van der Waals surface area contributed by atoms with E-state index >= 15 is 0 Å². The van der Waals surface area contributed by atoms with Crippen molar-refractivity contribution in [1.29, 1.82) is 0 Å². The monoisotopic (exact) mass is 284 g/mol. The summed E-state index contributed by atoms with van der Waals surface area (Å²) in [6.45, 7) is 3.61. The van der Waals surface area contributed by atoms with Crippen molar-refractivity contribution in [2.75, 3.05) is 0 Å². The molecule has 0 saturated carbocycles. The molecule has 0 unspecified atom stereocenters. The van der Waals surface area contributed by atoms with Gasteiger partial charge in [0.1, 0.15) is 0 Å². The first-order valence-corrected chi connectivity index (χ1v) is 6.55. The van der Waals surface area contributed by atoms with Crippen LogP contribution in [0.4, 0.5) is 0 Å². The van der Waals surface area contributed by atoms with Crippen LogP contribution in [-0.4, -0.2) is 21.0 Å². The van der Waals surface area contributed by atoms with E-state index in [-0.39, 0.29) is 17.3 Å². The Morgan fingerprint density at radius 1 is 1.37 bits per heavy atom. The summed E-state index contributed by atoms with van der Waals surface area (Å²) in [5.74, 6) is -0.771. The van der Waals surface area contributed by atoms with Gasteiger partial charge in [0.15, 0.2) is 0 Å². The Bertz CT molecular complexity index is 511. The predicted molar refractivity (Wildman–Crippen MR) is 74.4 cm³/mol. The molecular formula is C13H17ClN2O3. The zero-order valence-electron chi connectivity index (χ0n) is 10.6. The molecule has 0 fully saturated rings. The van der Waals surface area contributed by atoms with E-state index in [2.05, 4.69) is 16.5 Å². The number of hydrogen-bond donors (Lipinski definition) is 2. The minimum Gasteiger partial charge on any atom is -0.481 e. The zero-order chi connectivity index (χ0) is 14.3. The number of carboxylic acid groups (broad SMARTS) is 1. The standard InChI is InChI=1S/C13H17ClN2O3/c1-2-10-9(12(19)16-13(14)15-10)7-5-3-4-6-8-11(17)18/h2H,1,3-8H2,(H,17,18)(H,15,16,19). The van der Waals surface area contributed by atoms with Crippen molar-refractivity contribution in [1.82, 2.24) is 9.97 Å². The lowest BCUT2D eigenvalue weighted by Gasteiger charge is -2.04. The first-order chi connectivity index (χ1) is 9.04. The van der Waals surface area contributed by atoms with Gasteiger partial charge in [-0.2, -0.15) is 0 Å². The number of aliphatic carboxylic acids is 1. The zero-order valence-corrected chi connectivity index (χ0v) is 11.4. The third-order valence-electron chi connectivity index (χ3n) is 2.78. The SMILES string of the molecule is C=Cc1nc(Cl)[nH]c(=O)c1CCCCCCC(=O)O. The highest BCUT2D eigenvalue weighted by molar-refractivity contribution is 6.28. The maximum atomic E-state index is 11.7. The van der Waals surface area contributed by atoms with Crippen LogP contribution in [0.1, 0.15) is 43.4 Å². The van der Waals surface area contributed by atoms with E-state index in [1.165, 1.54) is 6.08 Å². The van der Waals surface area contributed by atoms with Gasteiger partial charge in [0, 0.05) is 12.0 Å². The number of carboxylic acids is 1. The molecule has 0 aliphatic heterocycles. The van der Waals surface area contributed by atoms with Gasteiger partial charge in [-0.15, -0.1) is 0 Å². The number of unbranched alkanes of at least 4 members (excludes halogenated alkanes) is 3. The van der Waals surface area contributed by atoms with Crippen LogP contribution in [0.15, 0.2) is 11.4 Å². The van der Waals surface area contributed by atoms with Gasteiger partial charge >= 0.3 is 5.97 Å².